The largest absolute Gasteiger partial charge is 0.366 e. The van der Waals surface area contributed by atoms with E-state index in [1.807, 2.05) is 6.92 Å². The number of nitrogens with zero attached hydrogens (tertiary/aromatic N) is 2. The third-order valence-corrected chi connectivity index (χ3v) is 3.95. The Hall–Kier alpha value is -1.12. The van der Waals surface area contributed by atoms with Gasteiger partial charge in [-0.05, 0) is 31.6 Å². The van der Waals surface area contributed by atoms with Crippen molar-refractivity contribution in [3.05, 3.63) is 18.1 Å². The maximum Gasteiger partial charge on any atom is 0.147 e. The first-order chi connectivity index (χ1) is 7.72. The molecule has 3 unspecified atom stereocenters. The molecule has 0 spiro atoms. The fourth-order valence-corrected chi connectivity index (χ4v) is 2.75. The minimum atomic E-state index is 0.570. The Balaban J connectivity index is 2.04. The van der Waals surface area contributed by atoms with Crippen LogP contribution < -0.4 is 5.32 Å². The Bertz CT molecular complexity index is 351. The zero-order valence-corrected chi connectivity index (χ0v) is 10.4. The summed E-state index contributed by atoms with van der Waals surface area (Å²) in [5.74, 6) is 2.57. The third kappa shape index (κ3) is 2.18. The van der Waals surface area contributed by atoms with Crippen LogP contribution in [-0.4, -0.2) is 16.0 Å². The van der Waals surface area contributed by atoms with Crippen molar-refractivity contribution >= 4 is 5.82 Å². The highest BCUT2D eigenvalue weighted by atomic mass is 15.0. The maximum atomic E-state index is 4.35. The first-order valence-corrected chi connectivity index (χ1v) is 6.26. The molecule has 0 radical (unpaired) electrons. The topological polar surface area (TPSA) is 37.8 Å². The van der Waals surface area contributed by atoms with Crippen molar-refractivity contribution in [3.63, 3.8) is 0 Å². The molecule has 0 saturated heterocycles. The van der Waals surface area contributed by atoms with Crippen molar-refractivity contribution in [2.45, 2.75) is 46.1 Å². The maximum absolute atomic E-state index is 4.35. The van der Waals surface area contributed by atoms with Gasteiger partial charge in [-0.2, -0.15) is 0 Å². The summed E-state index contributed by atoms with van der Waals surface area (Å²) in [4.78, 5) is 8.61. The molecule has 0 aliphatic heterocycles. The molecule has 1 aliphatic rings. The molecule has 1 aromatic heterocycles. The standard InChI is InChI=1S/C13H21N3/c1-4-11-5-6-12(9(11)2)16-13-10(3)14-7-8-15-13/h7-9,11-12H,4-6H2,1-3H3,(H,15,16). The van der Waals surface area contributed by atoms with Crippen molar-refractivity contribution in [3.8, 4) is 0 Å². The molecule has 0 bridgehead atoms. The lowest BCUT2D eigenvalue weighted by molar-refractivity contribution is 0.391. The van der Waals surface area contributed by atoms with Gasteiger partial charge in [0.1, 0.15) is 5.82 Å². The van der Waals surface area contributed by atoms with E-state index in [9.17, 15) is 0 Å². The first-order valence-electron chi connectivity index (χ1n) is 6.26. The van der Waals surface area contributed by atoms with Gasteiger partial charge >= 0.3 is 0 Å². The summed E-state index contributed by atoms with van der Waals surface area (Å²) in [7, 11) is 0. The number of aromatic nitrogens is 2. The highest BCUT2D eigenvalue weighted by molar-refractivity contribution is 5.39. The molecule has 1 fully saturated rings. The molecule has 1 saturated carbocycles. The molecule has 3 atom stereocenters. The fourth-order valence-electron chi connectivity index (χ4n) is 2.75. The summed E-state index contributed by atoms with van der Waals surface area (Å²) in [5, 5.41) is 3.55. The molecule has 3 nitrogen and oxygen atoms in total. The van der Waals surface area contributed by atoms with Crippen molar-refractivity contribution < 1.29 is 0 Å². The average Bonchev–Trinajstić information content (AvgIpc) is 2.63. The molecular weight excluding hydrogens is 198 g/mol. The van der Waals surface area contributed by atoms with Crippen LogP contribution in [0.2, 0.25) is 0 Å². The van der Waals surface area contributed by atoms with E-state index in [4.69, 9.17) is 0 Å². The predicted octanol–water partition coefficient (Wildman–Crippen LogP) is 3.02. The van der Waals surface area contributed by atoms with E-state index in [1.54, 1.807) is 12.4 Å². The lowest BCUT2D eigenvalue weighted by Gasteiger charge is -2.21. The smallest absolute Gasteiger partial charge is 0.147 e. The van der Waals surface area contributed by atoms with Crippen molar-refractivity contribution in [1.29, 1.82) is 0 Å². The Morgan fingerprint density at radius 1 is 1.31 bits per heavy atom. The predicted molar refractivity (Wildman–Crippen MR) is 66.4 cm³/mol. The minimum absolute atomic E-state index is 0.570. The van der Waals surface area contributed by atoms with E-state index in [1.165, 1.54) is 19.3 Å². The van der Waals surface area contributed by atoms with Crippen molar-refractivity contribution in [1.82, 2.24) is 9.97 Å². The molecular formula is C13H21N3. The van der Waals surface area contributed by atoms with Crippen molar-refractivity contribution in [2.75, 3.05) is 5.32 Å². The molecule has 1 aliphatic carbocycles. The van der Waals surface area contributed by atoms with E-state index in [0.717, 1.165) is 23.3 Å². The van der Waals surface area contributed by atoms with Crippen LogP contribution in [0.1, 0.15) is 38.8 Å². The van der Waals surface area contributed by atoms with Crippen molar-refractivity contribution in [2.24, 2.45) is 11.8 Å². The van der Waals surface area contributed by atoms with E-state index >= 15 is 0 Å². The van der Waals surface area contributed by atoms with Crippen LogP contribution in [0.3, 0.4) is 0 Å². The monoisotopic (exact) mass is 219 g/mol. The van der Waals surface area contributed by atoms with Gasteiger partial charge in [-0.3, -0.25) is 4.98 Å². The summed E-state index contributed by atoms with van der Waals surface area (Å²) in [6, 6.07) is 0.570. The molecule has 16 heavy (non-hydrogen) atoms. The van der Waals surface area contributed by atoms with E-state index in [0.29, 0.717) is 6.04 Å². The van der Waals surface area contributed by atoms with Gasteiger partial charge in [0.15, 0.2) is 0 Å². The second-order valence-electron chi connectivity index (χ2n) is 4.85. The lowest BCUT2D eigenvalue weighted by Crippen LogP contribution is -2.25. The lowest BCUT2D eigenvalue weighted by atomic mass is 9.93. The average molecular weight is 219 g/mol. The Morgan fingerprint density at radius 3 is 2.69 bits per heavy atom. The summed E-state index contributed by atoms with van der Waals surface area (Å²) in [6.45, 7) is 6.65. The summed E-state index contributed by atoms with van der Waals surface area (Å²) in [5.41, 5.74) is 0.995. The fraction of sp³-hybridized carbons (Fsp3) is 0.692. The third-order valence-electron chi connectivity index (χ3n) is 3.95. The molecule has 0 aromatic carbocycles. The number of nitrogens with one attached hydrogen (secondary N) is 1. The number of hydrogen-bond acceptors (Lipinski definition) is 3. The molecule has 2 rings (SSSR count). The van der Waals surface area contributed by atoms with Gasteiger partial charge in [-0.15, -0.1) is 0 Å². The Morgan fingerprint density at radius 2 is 2.06 bits per heavy atom. The zero-order valence-electron chi connectivity index (χ0n) is 10.4. The SMILES string of the molecule is CCC1CCC(Nc2nccnc2C)C1C. The zero-order chi connectivity index (χ0) is 11.5. The number of aryl methyl sites for hydroxylation is 1. The van der Waals surface area contributed by atoms with E-state index < -0.39 is 0 Å². The van der Waals surface area contributed by atoms with Gasteiger partial charge in [0.2, 0.25) is 0 Å². The van der Waals surface area contributed by atoms with Crippen LogP contribution in [0.5, 0.6) is 0 Å². The number of anilines is 1. The second-order valence-corrected chi connectivity index (χ2v) is 4.85. The van der Waals surface area contributed by atoms with Gasteiger partial charge < -0.3 is 5.32 Å². The Kier molecular flexibility index (Phi) is 3.42. The first kappa shape index (κ1) is 11.4. The highest BCUT2D eigenvalue weighted by Crippen LogP contribution is 2.35. The molecule has 1 N–H and O–H groups in total. The van der Waals surface area contributed by atoms with Gasteiger partial charge in [-0.25, -0.2) is 4.98 Å². The highest BCUT2D eigenvalue weighted by Gasteiger charge is 2.31. The van der Waals surface area contributed by atoms with Crippen LogP contribution in [0, 0.1) is 18.8 Å². The van der Waals surface area contributed by atoms with Gasteiger partial charge in [0.05, 0.1) is 5.69 Å². The number of rotatable bonds is 3. The van der Waals surface area contributed by atoms with E-state index in [-0.39, 0.29) is 0 Å². The Labute approximate surface area is 97.7 Å². The molecule has 1 aromatic rings. The minimum Gasteiger partial charge on any atom is -0.366 e. The van der Waals surface area contributed by atoms with Crippen LogP contribution in [-0.2, 0) is 0 Å². The second kappa shape index (κ2) is 4.81. The van der Waals surface area contributed by atoms with Crippen LogP contribution in [0.15, 0.2) is 12.4 Å². The van der Waals surface area contributed by atoms with Gasteiger partial charge in [0.25, 0.3) is 0 Å². The molecule has 0 amide bonds. The number of hydrogen-bond donors (Lipinski definition) is 1. The summed E-state index contributed by atoms with van der Waals surface area (Å²) < 4.78 is 0. The summed E-state index contributed by atoms with van der Waals surface area (Å²) >= 11 is 0. The van der Waals surface area contributed by atoms with Crippen LogP contribution in [0.25, 0.3) is 0 Å². The van der Waals surface area contributed by atoms with Crippen LogP contribution in [0.4, 0.5) is 5.82 Å². The quantitative estimate of drug-likeness (QED) is 0.849. The van der Waals surface area contributed by atoms with Gasteiger partial charge in [0, 0.05) is 18.4 Å². The van der Waals surface area contributed by atoms with Gasteiger partial charge in [-0.1, -0.05) is 20.3 Å². The molecule has 3 heteroatoms. The molecule has 88 valence electrons. The van der Waals surface area contributed by atoms with Crippen LogP contribution >= 0.6 is 0 Å². The summed E-state index contributed by atoms with van der Waals surface area (Å²) in [6.07, 6.45) is 7.39. The van der Waals surface area contributed by atoms with E-state index in [2.05, 4.69) is 29.1 Å². The molecule has 1 heterocycles. The normalized spacial score (nSPS) is 29.3.